The predicted molar refractivity (Wildman–Crippen MR) is 182 cm³/mol. The normalized spacial score (nSPS) is 10.2. The van der Waals surface area contributed by atoms with Crippen LogP contribution in [0.3, 0.4) is 0 Å². The van der Waals surface area contributed by atoms with Crippen molar-refractivity contribution in [2.75, 3.05) is 27.3 Å². The fraction of sp³-hybridized carbons (Fsp3) is 0.342. The van der Waals surface area contributed by atoms with E-state index in [4.69, 9.17) is 10.2 Å². The zero-order chi connectivity index (χ0) is 31.1. The first-order valence-electron chi connectivity index (χ1n) is 14.6. The van der Waals surface area contributed by atoms with E-state index < -0.39 is 0 Å². The SMILES string of the molecule is CO.CO.Cc1cc(CN(CCN(Cc2ccccc2)Cc2cc(C)c(O)c(C)c2)Cc2ccccc2)cc(C)c1C.[CH3-].[Ti]. The van der Waals surface area contributed by atoms with Gasteiger partial charge in [-0.3, -0.25) is 9.80 Å². The maximum atomic E-state index is 10.3. The molecule has 0 saturated heterocycles. The molecule has 3 N–H and O–H groups in total. The zero-order valence-electron chi connectivity index (χ0n) is 28.1. The summed E-state index contributed by atoms with van der Waals surface area (Å²) in [5.41, 5.74) is 11.3. The molecule has 0 fully saturated rings. The molecule has 0 aromatic heterocycles. The molecule has 4 aromatic carbocycles. The zero-order valence-corrected chi connectivity index (χ0v) is 29.6. The number of phenolic OH excluding ortho intramolecular Hbond substituents is 1. The number of aliphatic hydroxyl groups excluding tert-OH is 2. The van der Waals surface area contributed by atoms with Crippen molar-refractivity contribution in [1.29, 1.82) is 0 Å². The van der Waals surface area contributed by atoms with Crippen LogP contribution in [0.1, 0.15) is 50.1 Å². The molecule has 0 saturated carbocycles. The van der Waals surface area contributed by atoms with Crippen LogP contribution in [-0.2, 0) is 47.9 Å². The molecule has 0 heterocycles. The van der Waals surface area contributed by atoms with E-state index in [0.717, 1.165) is 64.6 Å². The Labute approximate surface area is 282 Å². The smallest absolute Gasteiger partial charge is 0.121 e. The Bertz CT molecular complexity index is 1200. The van der Waals surface area contributed by atoms with E-state index in [1.165, 1.54) is 38.9 Å². The summed E-state index contributed by atoms with van der Waals surface area (Å²) < 4.78 is 0. The van der Waals surface area contributed by atoms with Crippen molar-refractivity contribution in [2.24, 2.45) is 0 Å². The quantitative estimate of drug-likeness (QED) is 0.120. The molecule has 0 bridgehead atoms. The van der Waals surface area contributed by atoms with Gasteiger partial charge in [0.15, 0.2) is 0 Å². The van der Waals surface area contributed by atoms with Crippen molar-refractivity contribution in [3.63, 3.8) is 0 Å². The number of aromatic hydroxyl groups is 1. The van der Waals surface area contributed by atoms with Gasteiger partial charge in [-0.1, -0.05) is 84.9 Å². The van der Waals surface area contributed by atoms with Gasteiger partial charge in [0.2, 0.25) is 0 Å². The third kappa shape index (κ3) is 13.1. The van der Waals surface area contributed by atoms with Gasteiger partial charge in [0.05, 0.1) is 0 Å². The van der Waals surface area contributed by atoms with Crippen LogP contribution in [0.4, 0.5) is 0 Å². The van der Waals surface area contributed by atoms with Gasteiger partial charge in [-0.05, 0) is 84.7 Å². The Kier molecular flexibility index (Phi) is 20.5. The second-order valence-corrected chi connectivity index (χ2v) is 10.8. The van der Waals surface area contributed by atoms with E-state index >= 15 is 0 Å². The maximum Gasteiger partial charge on any atom is 0.121 e. The van der Waals surface area contributed by atoms with Crippen molar-refractivity contribution in [2.45, 2.75) is 60.8 Å². The maximum absolute atomic E-state index is 10.3. The van der Waals surface area contributed by atoms with Gasteiger partial charge in [-0.25, -0.2) is 0 Å². The molecular weight excluding hydrogens is 580 g/mol. The molecule has 238 valence electrons. The van der Waals surface area contributed by atoms with Crippen LogP contribution in [-0.4, -0.2) is 52.4 Å². The van der Waals surface area contributed by atoms with Gasteiger partial charge < -0.3 is 22.7 Å². The number of hydrogen-bond acceptors (Lipinski definition) is 5. The van der Waals surface area contributed by atoms with Crippen molar-refractivity contribution >= 4 is 0 Å². The molecule has 0 aliphatic rings. The second-order valence-electron chi connectivity index (χ2n) is 10.8. The Morgan fingerprint density at radius 3 is 1.11 bits per heavy atom. The number of nitrogens with zero attached hydrogens (tertiary/aromatic N) is 2. The summed E-state index contributed by atoms with van der Waals surface area (Å²) in [6, 6.07) is 30.5. The monoisotopic (exact) mass is 633 g/mol. The second kappa shape index (κ2) is 21.9. The molecule has 0 aliphatic heterocycles. The minimum absolute atomic E-state index is 0. The molecule has 4 rings (SSSR count). The first-order chi connectivity index (χ1) is 20.3. The van der Waals surface area contributed by atoms with Crippen LogP contribution >= 0.6 is 0 Å². The Balaban J connectivity index is 0.00000296. The van der Waals surface area contributed by atoms with Crippen LogP contribution in [0.15, 0.2) is 84.9 Å². The van der Waals surface area contributed by atoms with E-state index in [1.807, 2.05) is 13.8 Å². The van der Waals surface area contributed by atoms with Crippen LogP contribution in [0, 0.1) is 42.0 Å². The van der Waals surface area contributed by atoms with Crippen molar-refractivity contribution in [1.82, 2.24) is 9.80 Å². The fourth-order valence-corrected chi connectivity index (χ4v) is 5.26. The van der Waals surface area contributed by atoms with Crippen LogP contribution < -0.4 is 0 Å². The van der Waals surface area contributed by atoms with Crippen LogP contribution in [0.5, 0.6) is 5.75 Å². The summed E-state index contributed by atoms with van der Waals surface area (Å²) in [5, 5.41) is 24.3. The van der Waals surface area contributed by atoms with Crippen molar-refractivity contribution in [3.05, 3.63) is 142 Å². The molecule has 6 heteroatoms. The third-order valence-corrected chi connectivity index (χ3v) is 7.58. The minimum atomic E-state index is 0. The first kappa shape index (κ1) is 41.2. The Hall–Kier alpha value is -2.77. The van der Waals surface area contributed by atoms with Gasteiger partial charge in [-0.2, -0.15) is 0 Å². The fourth-order valence-electron chi connectivity index (χ4n) is 5.26. The molecule has 0 unspecified atom stereocenters. The summed E-state index contributed by atoms with van der Waals surface area (Å²) in [6.07, 6.45) is 0. The van der Waals surface area contributed by atoms with E-state index in [9.17, 15) is 5.11 Å². The molecule has 4 aromatic rings. The molecule has 0 spiro atoms. The van der Waals surface area contributed by atoms with E-state index in [-0.39, 0.29) is 29.1 Å². The Morgan fingerprint density at radius 2 is 0.773 bits per heavy atom. The molecule has 0 aliphatic carbocycles. The van der Waals surface area contributed by atoms with E-state index in [0.29, 0.717) is 5.75 Å². The number of benzene rings is 4. The molecule has 0 atom stereocenters. The molecule has 0 radical (unpaired) electrons. The minimum Gasteiger partial charge on any atom is -0.507 e. The number of aliphatic hydroxyl groups is 2. The number of aryl methyl sites for hydroxylation is 4. The number of hydrogen-bond donors (Lipinski definition) is 3. The van der Waals surface area contributed by atoms with E-state index in [2.05, 4.69) is 116 Å². The Morgan fingerprint density at radius 1 is 0.477 bits per heavy atom. The molecule has 5 nitrogen and oxygen atoms in total. The van der Waals surface area contributed by atoms with Gasteiger partial charge in [0.25, 0.3) is 0 Å². The van der Waals surface area contributed by atoms with Crippen LogP contribution in [0.25, 0.3) is 0 Å². The topological polar surface area (TPSA) is 67.2 Å². The third-order valence-electron chi connectivity index (χ3n) is 7.58. The van der Waals surface area contributed by atoms with Gasteiger partial charge in [0, 0.05) is 75.2 Å². The number of phenols is 1. The number of rotatable bonds is 11. The standard InChI is InChI=1S/C35H42N2O.2CH4O.CH3.Ti/c1-26-18-33(19-27(2)30(26)5)24-36(22-31-12-8-6-9-13-31)16-17-37(23-32-14-10-7-11-15-32)25-34-20-28(3)35(38)29(4)21-34;2*1-2;;/h6-15,18-21,38H,16-17,22-25H2,1-5H3;2*2H,1H3;1H3;/q;;;-1;. The summed E-state index contributed by atoms with van der Waals surface area (Å²) >= 11 is 0. The largest absolute Gasteiger partial charge is 0.507 e. The summed E-state index contributed by atoms with van der Waals surface area (Å²) in [6.45, 7) is 16.1. The van der Waals surface area contributed by atoms with Gasteiger partial charge >= 0.3 is 0 Å². The molecular formula is C38H53N2O3Ti-. The van der Waals surface area contributed by atoms with Crippen molar-refractivity contribution < 1.29 is 37.0 Å². The molecule has 44 heavy (non-hydrogen) atoms. The average molecular weight is 634 g/mol. The van der Waals surface area contributed by atoms with E-state index in [1.54, 1.807) is 0 Å². The summed E-state index contributed by atoms with van der Waals surface area (Å²) in [4.78, 5) is 5.11. The average Bonchev–Trinajstić information content (AvgIpc) is 3.00. The van der Waals surface area contributed by atoms with Gasteiger partial charge in [0.1, 0.15) is 5.75 Å². The van der Waals surface area contributed by atoms with Crippen molar-refractivity contribution in [3.8, 4) is 5.75 Å². The van der Waals surface area contributed by atoms with Crippen LogP contribution in [0.2, 0.25) is 0 Å². The predicted octanol–water partition coefficient (Wildman–Crippen LogP) is 7.30. The van der Waals surface area contributed by atoms with Gasteiger partial charge in [-0.15, -0.1) is 0 Å². The summed E-state index contributed by atoms with van der Waals surface area (Å²) in [5.74, 6) is 0.404. The summed E-state index contributed by atoms with van der Waals surface area (Å²) in [7, 11) is 2.00. The molecule has 0 amide bonds. The first-order valence-corrected chi connectivity index (χ1v) is 14.6.